The van der Waals surface area contributed by atoms with E-state index < -0.39 is 0 Å². The summed E-state index contributed by atoms with van der Waals surface area (Å²) in [5, 5.41) is 5.71. The maximum atomic E-state index is 5.93. The first-order chi connectivity index (χ1) is 11.7. The van der Waals surface area contributed by atoms with Crippen LogP contribution in [-0.2, 0) is 0 Å². The van der Waals surface area contributed by atoms with E-state index in [4.69, 9.17) is 16.3 Å². The van der Waals surface area contributed by atoms with Gasteiger partial charge in [0.1, 0.15) is 5.75 Å². The standard InChI is InChI=1S/C18H16ClN3OS.BrH/c1-12-17(14-5-7-15(19)8-6-14)21-18(24-12)22-20-11-13-3-9-16(23-2)10-4-13;/h3-11H,1-2H3,(H,21,22);1H. The van der Waals surface area contributed by atoms with Crippen LogP contribution in [0.1, 0.15) is 10.4 Å². The van der Waals surface area contributed by atoms with E-state index in [0.29, 0.717) is 5.02 Å². The lowest BCUT2D eigenvalue weighted by molar-refractivity contribution is 0.415. The lowest BCUT2D eigenvalue weighted by Gasteiger charge is -1.99. The van der Waals surface area contributed by atoms with Crippen LogP contribution >= 0.6 is 39.9 Å². The fourth-order valence-electron chi connectivity index (χ4n) is 2.17. The highest BCUT2D eigenvalue weighted by atomic mass is 79.9. The molecule has 0 aliphatic carbocycles. The number of nitrogens with one attached hydrogen (secondary N) is 1. The average molecular weight is 439 g/mol. The molecule has 0 fully saturated rings. The van der Waals surface area contributed by atoms with Gasteiger partial charge in [-0.25, -0.2) is 4.98 Å². The van der Waals surface area contributed by atoms with Crippen LogP contribution in [0.2, 0.25) is 5.02 Å². The van der Waals surface area contributed by atoms with Crippen molar-refractivity contribution in [2.75, 3.05) is 12.5 Å². The Morgan fingerprint density at radius 1 is 1.12 bits per heavy atom. The Morgan fingerprint density at radius 2 is 1.80 bits per heavy atom. The van der Waals surface area contributed by atoms with Crippen molar-refractivity contribution in [2.24, 2.45) is 5.10 Å². The maximum Gasteiger partial charge on any atom is 0.204 e. The van der Waals surface area contributed by atoms with Crippen molar-refractivity contribution < 1.29 is 4.74 Å². The molecule has 3 rings (SSSR count). The average Bonchev–Trinajstić information content (AvgIpc) is 2.97. The van der Waals surface area contributed by atoms with Gasteiger partial charge in [-0.15, -0.1) is 28.3 Å². The summed E-state index contributed by atoms with van der Waals surface area (Å²) in [5.74, 6) is 0.822. The zero-order valence-electron chi connectivity index (χ0n) is 13.7. The normalized spacial score (nSPS) is 10.5. The van der Waals surface area contributed by atoms with Crippen molar-refractivity contribution in [1.82, 2.24) is 4.98 Å². The Balaban J connectivity index is 0.00000225. The highest BCUT2D eigenvalue weighted by Gasteiger charge is 2.09. The summed E-state index contributed by atoms with van der Waals surface area (Å²) < 4.78 is 5.13. The van der Waals surface area contributed by atoms with E-state index in [1.54, 1.807) is 24.7 Å². The lowest BCUT2D eigenvalue weighted by Crippen LogP contribution is -1.90. The van der Waals surface area contributed by atoms with E-state index in [9.17, 15) is 0 Å². The molecule has 130 valence electrons. The Morgan fingerprint density at radius 3 is 2.44 bits per heavy atom. The molecule has 2 aromatic carbocycles. The molecule has 0 unspecified atom stereocenters. The number of hydrazone groups is 1. The van der Waals surface area contributed by atoms with Gasteiger partial charge in [-0.1, -0.05) is 23.7 Å². The molecule has 1 aromatic heterocycles. The van der Waals surface area contributed by atoms with E-state index >= 15 is 0 Å². The minimum absolute atomic E-state index is 0. The van der Waals surface area contributed by atoms with E-state index in [1.165, 1.54) is 0 Å². The quantitative estimate of drug-likeness (QED) is 0.404. The number of hydrogen-bond acceptors (Lipinski definition) is 5. The summed E-state index contributed by atoms with van der Waals surface area (Å²) in [6.45, 7) is 2.04. The van der Waals surface area contributed by atoms with Gasteiger partial charge in [0.15, 0.2) is 0 Å². The summed E-state index contributed by atoms with van der Waals surface area (Å²) in [6.07, 6.45) is 1.75. The van der Waals surface area contributed by atoms with Gasteiger partial charge in [-0.2, -0.15) is 5.10 Å². The fourth-order valence-corrected chi connectivity index (χ4v) is 3.08. The second-order valence-electron chi connectivity index (χ2n) is 5.07. The molecule has 0 atom stereocenters. The highest BCUT2D eigenvalue weighted by Crippen LogP contribution is 2.30. The predicted molar refractivity (Wildman–Crippen MR) is 112 cm³/mol. The van der Waals surface area contributed by atoms with Crippen molar-refractivity contribution in [3.63, 3.8) is 0 Å². The van der Waals surface area contributed by atoms with Crippen molar-refractivity contribution in [3.05, 3.63) is 64.0 Å². The molecule has 25 heavy (non-hydrogen) atoms. The number of aromatic nitrogens is 1. The molecule has 7 heteroatoms. The van der Waals surface area contributed by atoms with Crippen molar-refractivity contribution in [3.8, 4) is 17.0 Å². The minimum atomic E-state index is 0. The highest BCUT2D eigenvalue weighted by molar-refractivity contribution is 8.93. The summed E-state index contributed by atoms with van der Waals surface area (Å²) in [6, 6.07) is 15.3. The molecule has 0 saturated heterocycles. The number of methoxy groups -OCH3 is 1. The minimum Gasteiger partial charge on any atom is -0.497 e. The number of ether oxygens (including phenoxy) is 1. The van der Waals surface area contributed by atoms with Gasteiger partial charge >= 0.3 is 0 Å². The fraction of sp³-hybridized carbons (Fsp3) is 0.111. The van der Waals surface area contributed by atoms with E-state index in [2.05, 4.69) is 15.5 Å². The Hall–Kier alpha value is -1.89. The first-order valence-corrected chi connectivity index (χ1v) is 8.51. The monoisotopic (exact) mass is 437 g/mol. The van der Waals surface area contributed by atoms with Gasteiger partial charge in [0.25, 0.3) is 0 Å². The number of nitrogens with zero attached hydrogens (tertiary/aromatic N) is 2. The third-order valence-electron chi connectivity index (χ3n) is 3.40. The third-order valence-corrected chi connectivity index (χ3v) is 4.53. The predicted octanol–water partition coefficient (Wildman–Crippen LogP) is 5.80. The number of halogens is 2. The zero-order valence-corrected chi connectivity index (χ0v) is 17.0. The molecule has 0 spiro atoms. The van der Waals surface area contributed by atoms with Crippen LogP contribution in [0.15, 0.2) is 53.6 Å². The second-order valence-corrected chi connectivity index (χ2v) is 6.71. The Bertz CT molecular complexity index is 848. The van der Waals surface area contributed by atoms with Crippen molar-refractivity contribution in [1.29, 1.82) is 0 Å². The van der Waals surface area contributed by atoms with E-state index in [1.807, 2.05) is 55.5 Å². The summed E-state index contributed by atoms with van der Waals surface area (Å²) >= 11 is 7.50. The summed E-state index contributed by atoms with van der Waals surface area (Å²) in [4.78, 5) is 5.72. The van der Waals surface area contributed by atoms with Crippen LogP contribution < -0.4 is 10.2 Å². The molecule has 0 aliphatic rings. The Kier molecular flexibility index (Phi) is 6.99. The van der Waals surface area contributed by atoms with Gasteiger partial charge < -0.3 is 4.74 Å². The number of thiazole rings is 1. The number of hydrogen-bond donors (Lipinski definition) is 1. The van der Waals surface area contributed by atoms with Crippen LogP contribution in [0, 0.1) is 6.92 Å². The SMILES string of the molecule is Br.COc1ccc(C=NNc2nc(-c3ccc(Cl)cc3)c(C)s2)cc1. The maximum absolute atomic E-state index is 5.93. The molecular formula is C18H17BrClN3OS. The van der Waals surface area contributed by atoms with Gasteiger partial charge in [-0.3, -0.25) is 5.43 Å². The van der Waals surface area contributed by atoms with Gasteiger partial charge in [0, 0.05) is 15.5 Å². The summed E-state index contributed by atoms with van der Waals surface area (Å²) in [5.41, 5.74) is 5.95. The van der Waals surface area contributed by atoms with Crippen LogP contribution in [0.5, 0.6) is 5.75 Å². The van der Waals surface area contributed by atoms with Crippen LogP contribution in [0.25, 0.3) is 11.3 Å². The van der Waals surface area contributed by atoms with Crippen molar-refractivity contribution in [2.45, 2.75) is 6.92 Å². The topological polar surface area (TPSA) is 46.5 Å². The lowest BCUT2D eigenvalue weighted by atomic mass is 10.1. The van der Waals surface area contributed by atoms with Crippen LogP contribution in [0.3, 0.4) is 0 Å². The van der Waals surface area contributed by atoms with Crippen molar-refractivity contribution >= 4 is 51.3 Å². The number of benzene rings is 2. The molecule has 1 heterocycles. The van der Waals surface area contributed by atoms with Gasteiger partial charge in [0.2, 0.25) is 5.13 Å². The number of anilines is 1. The number of rotatable bonds is 5. The molecule has 0 aliphatic heterocycles. The second kappa shape index (κ2) is 8.99. The number of aryl methyl sites for hydroxylation is 1. The third kappa shape index (κ3) is 5.04. The molecule has 0 amide bonds. The smallest absolute Gasteiger partial charge is 0.204 e. The largest absolute Gasteiger partial charge is 0.497 e. The molecule has 3 aromatic rings. The van der Waals surface area contributed by atoms with Gasteiger partial charge in [-0.05, 0) is 48.9 Å². The van der Waals surface area contributed by atoms with E-state index in [0.717, 1.165) is 32.6 Å². The van der Waals surface area contributed by atoms with Crippen LogP contribution in [0.4, 0.5) is 5.13 Å². The molecule has 0 radical (unpaired) electrons. The molecule has 1 N–H and O–H groups in total. The zero-order chi connectivity index (χ0) is 16.9. The molecule has 0 bridgehead atoms. The van der Waals surface area contributed by atoms with Crippen LogP contribution in [-0.4, -0.2) is 18.3 Å². The Labute approximate surface area is 166 Å². The molecule has 4 nitrogen and oxygen atoms in total. The summed E-state index contributed by atoms with van der Waals surface area (Å²) in [7, 11) is 1.65. The molecular weight excluding hydrogens is 422 g/mol. The first kappa shape index (κ1) is 19.4. The van der Waals surface area contributed by atoms with Gasteiger partial charge in [0.05, 0.1) is 19.0 Å². The molecule has 0 saturated carbocycles. The first-order valence-electron chi connectivity index (χ1n) is 7.32. The van der Waals surface area contributed by atoms with E-state index in [-0.39, 0.29) is 17.0 Å².